The molecule has 0 radical (unpaired) electrons. The predicted molar refractivity (Wildman–Crippen MR) is 59.4 cm³/mol. The van der Waals surface area contributed by atoms with Gasteiger partial charge < -0.3 is 15.8 Å². The van der Waals surface area contributed by atoms with E-state index in [2.05, 4.69) is 12.2 Å². The number of carbonyl (C=O) groups excluding carboxylic acids is 1. The minimum atomic E-state index is -0.503. The van der Waals surface area contributed by atoms with Crippen LogP contribution in [0.4, 0.5) is 0 Å². The van der Waals surface area contributed by atoms with Crippen LogP contribution in [-0.4, -0.2) is 31.7 Å². The van der Waals surface area contributed by atoms with E-state index < -0.39 is 5.54 Å². The van der Waals surface area contributed by atoms with Crippen LogP contribution in [0.5, 0.6) is 0 Å². The number of carbonyl (C=O) groups is 1. The zero-order valence-corrected chi connectivity index (χ0v) is 9.71. The van der Waals surface area contributed by atoms with Crippen LogP contribution < -0.4 is 11.1 Å². The highest BCUT2D eigenvalue weighted by Crippen LogP contribution is 2.33. The van der Waals surface area contributed by atoms with E-state index in [1.807, 2.05) is 0 Å². The first-order valence-electron chi connectivity index (χ1n) is 5.67. The van der Waals surface area contributed by atoms with E-state index in [1.165, 1.54) is 6.42 Å². The van der Waals surface area contributed by atoms with E-state index in [0.717, 1.165) is 19.3 Å². The molecule has 1 amide bonds. The Morgan fingerprint density at radius 3 is 2.87 bits per heavy atom. The third-order valence-electron chi connectivity index (χ3n) is 3.49. The van der Waals surface area contributed by atoms with E-state index in [-0.39, 0.29) is 5.91 Å². The molecule has 0 aliphatic heterocycles. The molecule has 0 bridgehead atoms. The van der Waals surface area contributed by atoms with Crippen molar-refractivity contribution in [3.8, 4) is 0 Å². The van der Waals surface area contributed by atoms with Crippen molar-refractivity contribution in [2.75, 3.05) is 20.3 Å². The Kier molecular flexibility index (Phi) is 4.54. The molecule has 3 N–H and O–H groups in total. The van der Waals surface area contributed by atoms with Gasteiger partial charge in [0.15, 0.2) is 0 Å². The van der Waals surface area contributed by atoms with Crippen LogP contribution >= 0.6 is 0 Å². The Morgan fingerprint density at radius 2 is 2.33 bits per heavy atom. The van der Waals surface area contributed by atoms with E-state index in [9.17, 15) is 4.79 Å². The van der Waals surface area contributed by atoms with Crippen molar-refractivity contribution in [1.29, 1.82) is 0 Å². The lowest BCUT2D eigenvalue weighted by Crippen LogP contribution is -2.61. The van der Waals surface area contributed by atoms with Gasteiger partial charge in [-0.15, -0.1) is 0 Å². The standard InChI is InChI=1S/C11H22N2O2/c1-9-5-3-4-6-11(9,10(12)14)13-7-8-15-2/h9,13H,3-8H2,1-2H3,(H2,12,14). The molecule has 2 atom stereocenters. The molecule has 15 heavy (non-hydrogen) atoms. The second-order valence-electron chi connectivity index (χ2n) is 4.40. The number of ether oxygens (including phenoxy) is 1. The van der Waals surface area contributed by atoms with Crippen LogP contribution in [-0.2, 0) is 9.53 Å². The molecule has 1 fully saturated rings. The summed E-state index contributed by atoms with van der Waals surface area (Å²) in [5, 5.41) is 3.29. The van der Waals surface area contributed by atoms with Crippen molar-refractivity contribution >= 4 is 5.91 Å². The fraction of sp³-hybridized carbons (Fsp3) is 0.909. The van der Waals surface area contributed by atoms with Gasteiger partial charge in [-0.1, -0.05) is 19.8 Å². The summed E-state index contributed by atoms with van der Waals surface area (Å²) in [6.07, 6.45) is 4.20. The maximum Gasteiger partial charge on any atom is 0.238 e. The van der Waals surface area contributed by atoms with Gasteiger partial charge in [-0.2, -0.15) is 0 Å². The van der Waals surface area contributed by atoms with Crippen LogP contribution in [0.15, 0.2) is 0 Å². The Balaban J connectivity index is 2.63. The summed E-state index contributed by atoms with van der Waals surface area (Å²) in [6.45, 7) is 3.40. The Labute approximate surface area is 91.5 Å². The molecule has 2 unspecified atom stereocenters. The quantitative estimate of drug-likeness (QED) is 0.661. The number of primary amides is 1. The van der Waals surface area contributed by atoms with Gasteiger partial charge in [-0.25, -0.2) is 0 Å². The van der Waals surface area contributed by atoms with E-state index in [1.54, 1.807) is 7.11 Å². The zero-order chi connectivity index (χ0) is 11.3. The second-order valence-corrected chi connectivity index (χ2v) is 4.40. The summed E-state index contributed by atoms with van der Waals surface area (Å²) in [7, 11) is 1.66. The number of rotatable bonds is 5. The van der Waals surface area contributed by atoms with Crippen molar-refractivity contribution < 1.29 is 9.53 Å². The maximum atomic E-state index is 11.6. The predicted octanol–water partition coefficient (Wildman–Crippen LogP) is 0.657. The van der Waals surface area contributed by atoms with Crippen LogP contribution in [0.3, 0.4) is 0 Å². The summed E-state index contributed by atoms with van der Waals surface area (Å²) in [6, 6.07) is 0. The molecule has 1 rings (SSSR count). The second kappa shape index (κ2) is 5.47. The molecule has 88 valence electrons. The SMILES string of the molecule is COCCNC1(C(N)=O)CCCCC1C. The first kappa shape index (κ1) is 12.5. The minimum absolute atomic E-state index is 0.217. The van der Waals surface area contributed by atoms with Gasteiger partial charge in [0, 0.05) is 13.7 Å². The Hall–Kier alpha value is -0.610. The third-order valence-corrected chi connectivity index (χ3v) is 3.49. The lowest BCUT2D eigenvalue weighted by Gasteiger charge is -2.40. The lowest BCUT2D eigenvalue weighted by atomic mass is 9.73. The molecule has 1 aliphatic rings. The van der Waals surface area contributed by atoms with Crippen molar-refractivity contribution in [3.05, 3.63) is 0 Å². The smallest absolute Gasteiger partial charge is 0.238 e. The number of nitrogens with two attached hydrogens (primary N) is 1. The fourth-order valence-electron chi connectivity index (χ4n) is 2.44. The summed E-state index contributed by atoms with van der Waals surface area (Å²) < 4.78 is 4.98. The van der Waals surface area contributed by atoms with Crippen LogP contribution in [0.2, 0.25) is 0 Å². The highest BCUT2D eigenvalue weighted by atomic mass is 16.5. The average Bonchev–Trinajstić information content (AvgIpc) is 2.21. The monoisotopic (exact) mass is 214 g/mol. The molecule has 0 spiro atoms. The third kappa shape index (κ3) is 2.69. The molecule has 0 heterocycles. The normalized spacial score (nSPS) is 31.5. The average molecular weight is 214 g/mol. The molecule has 0 aromatic rings. The van der Waals surface area contributed by atoms with Gasteiger partial charge >= 0.3 is 0 Å². The van der Waals surface area contributed by atoms with Gasteiger partial charge in [0.2, 0.25) is 5.91 Å². The molecule has 1 aliphatic carbocycles. The number of hydrogen-bond donors (Lipinski definition) is 2. The van der Waals surface area contributed by atoms with Crippen molar-refractivity contribution in [1.82, 2.24) is 5.32 Å². The van der Waals surface area contributed by atoms with Crippen LogP contribution in [0.25, 0.3) is 0 Å². The zero-order valence-electron chi connectivity index (χ0n) is 9.71. The molecule has 0 aromatic carbocycles. The van der Waals surface area contributed by atoms with Gasteiger partial charge in [-0.05, 0) is 18.8 Å². The number of amides is 1. The molecule has 1 saturated carbocycles. The first-order valence-corrected chi connectivity index (χ1v) is 5.67. The molecular formula is C11H22N2O2. The van der Waals surface area contributed by atoms with E-state index >= 15 is 0 Å². The highest BCUT2D eigenvalue weighted by Gasteiger charge is 2.42. The highest BCUT2D eigenvalue weighted by molar-refractivity contribution is 5.85. The van der Waals surface area contributed by atoms with Crippen LogP contribution in [0.1, 0.15) is 32.6 Å². The van der Waals surface area contributed by atoms with Gasteiger partial charge in [0.1, 0.15) is 5.54 Å². The van der Waals surface area contributed by atoms with Gasteiger partial charge in [0.05, 0.1) is 6.61 Å². The van der Waals surface area contributed by atoms with Gasteiger partial charge in [-0.3, -0.25) is 4.79 Å². The molecule has 0 aromatic heterocycles. The number of nitrogens with one attached hydrogen (secondary N) is 1. The van der Waals surface area contributed by atoms with E-state index in [4.69, 9.17) is 10.5 Å². The topological polar surface area (TPSA) is 64.3 Å². The van der Waals surface area contributed by atoms with E-state index in [0.29, 0.717) is 19.1 Å². The Bertz CT molecular complexity index is 221. The summed E-state index contributed by atoms with van der Waals surface area (Å²) in [4.78, 5) is 11.6. The minimum Gasteiger partial charge on any atom is -0.383 e. The molecule has 0 saturated heterocycles. The largest absolute Gasteiger partial charge is 0.383 e. The molecule has 4 nitrogen and oxygen atoms in total. The summed E-state index contributed by atoms with van der Waals surface area (Å²) in [5.74, 6) is 0.103. The number of methoxy groups -OCH3 is 1. The first-order chi connectivity index (χ1) is 7.13. The van der Waals surface area contributed by atoms with Gasteiger partial charge in [0.25, 0.3) is 0 Å². The lowest BCUT2D eigenvalue weighted by molar-refractivity contribution is -0.128. The fourth-order valence-corrected chi connectivity index (χ4v) is 2.44. The van der Waals surface area contributed by atoms with Crippen molar-refractivity contribution in [2.45, 2.75) is 38.1 Å². The van der Waals surface area contributed by atoms with Crippen LogP contribution in [0, 0.1) is 5.92 Å². The van der Waals surface area contributed by atoms with Crippen molar-refractivity contribution in [3.63, 3.8) is 0 Å². The maximum absolute atomic E-state index is 11.6. The Morgan fingerprint density at radius 1 is 1.60 bits per heavy atom. The van der Waals surface area contributed by atoms with Crippen molar-refractivity contribution in [2.24, 2.45) is 11.7 Å². The molecular weight excluding hydrogens is 192 g/mol. The summed E-state index contributed by atoms with van der Waals surface area (Å²) >= 11 is 0. The number of hydrogen-bond acceptors (Lipinski definition) is 3. The summed E-state index contributed by atoms with van der Waals surface area (Å²) in [5.41, 5.74) is 5.03. The molecule has 4 heteroatoms.